The van der Waals surface area contributed by atoms with Gasteiger partial charge in [0.2, 0.25) is 0 Å². The molecule has 0 bridgehead atoms. The Hall–Kier alpha value is -2.90. The normalized spacial score (nSPS) is 17.5. The van der Waals surface area contributed by atoms with Gasteiger partial charge in [-0.3, -0.25) is 9.88 Å². The molecule has 1 unspecified atom stereocenters. The fourth-order valence-electron chi connectivity index (χ4n) is 4.04. The smallest absolute Gasteiger partial charge is 0.326 e. The highest BCUT2D eigenvalue weighted by molar-refractivity contribution is 6.33. The summed E-state index contributed by atoms with van der Waals surface area (Å²) in [5.41, 5.74) is 4.12. The second kappa shape index (κ2) is 7.66. The monoisotopic (exact) mass is 458 g/mol. The van der Waals surface area contributed by atoms with Gasteiger partial charge in [0.1, 0.15) is 33.7 Å². The third-order valence-corrected chi connectivity index (χ3v) is 6.06. The Labute approximate surface area is 188 Å². The average molecular weight is 459 g/mol. The molecule has 3 aromatic rings. The van der Waals surface area contributed by atoms with Crippen LogP contribution in [0.3, 0.4) is 0 Å². The van der Waals surface area contributed by atoms with Gasteiger partial charge in [0.15, 0.2) is 0 Å². The fourth-order valence-corrected chi connectivity index (χ4v) is 4.53. The number of hydrogen-bond donors (Lipinski definition) is 1. The number of fused-ring (bicyclic) bond motifs is 2. The highest BCUT2D eigenvalue weighted by Gasteiger charge is 2.30. The first-order valence-electron chi connectivity index (χ1n) is 9.74. The fraction of sp³-hybridized carbons (Fsp3) is 0.227. The van der Waals surface area contributed by atoms with Gasteiger partial charge in [-0.15, -0.1) is 0 Å². The maximum Gasteiger partial charge on any atom is 0.326 e. The molecule has 2 aliphatic rings. The van der Waals surface area contributed by atoms with Gasteiger partial charge in [0.05, 0.1) is 17.9 Å². The lowest BCUT2D eigenvalue weighted by atomic mass is 9.97. The number of nitrogens with one attached hydrogen (secondary N) is 1. The largest absolute Gasteiger partial charge is 0.484 e. The lowest BCUT2D eigenvalue weighted by Gasteiger charge is -2.33. The van der Waals surface area contributed by atoms with Gasteiger partial charge < -0.3 is 10.1 Å². The van der Waals surface area contributed by atoms with Gasteiger partial charge in [-0.1, -0.05) is 29.3 Å². The first kappa shape index (κ1) is 20.0. The molecule has 1 aromatic carbocycles. The molecule has 0 saturated carbocycles. The zero-order valence-electron chi connectivity index (χ0n) is 16.5. The summed E-state index contributed by atoms with van der Waals surface area (Å²) in [7, 11) is 0. The minimum Gasteiger partial charge on any atom is -0.484 e. The molecule has 0 spiro atoms. The molecular formula is C22H17Cl2FN4O2. The summed E-state index contributed by atoms with van der Waals surface area (Å²) in [6, 6.07) is 8.02. The molecule has 0 aliphatic carbocycles. The Kier molecular flexibility index (Phi) is 4.95. The Morgan fingerprint density at radius 2 is 2.13 bits per heavy atom. The van der Waals surface area contributed by atoms with E-state index in [9.17, 15) is 9.18 Å². The van der Waals surface area contributed by atoms with Gasteiger partial charge >= 0.3 is 6.03 Å². The number of aromatic nitrogens is 2. The number of amides is 2. The Morgan fingerprint density at radius 1 is 1.29 bits per heavy atom. The van der Waals surface area contributed by atoms with E-state index in [0.29, 0.717) is 29.1 Å². The predicted molar refractivity (Wildman–Crippen MR) is 117 cm³/mol. The molecule has 6 nitrogen and oxygen atoms in total. The van der Waals surface area contributed by atoms with E-state index in [2.05, 4.69) is 15.3 Å². The molecule has 0 fully saturated rings. The van der Waals surface area contributed by atoms with Crippen LogP contribution < -0.4 is 15.0 Å². The molecule has 9 heteroatoms. The second-order valence-electron chi connectivity index (χ2n) is 7.54. The molecule has 1 N–H and O–H groups in total. The number of ether oxygens (including phenoxy) is 1. The van der Waals surface area contributed by atoms with Crippen LogP contribution in [0.4, 0.5) is 20.6 Å². The van der Waals surface area contributed by atoms with Crippen molar-refractivity contribution in [2.75, 3.05) is 10.2 Å². The average Bonchev–Trinajstić information content (AvgIpc) is 2.73. The Balaban J connectivity index is 1.50. The second-order valence-corrected chi connectivity index (χ2v) is 8.29. The molecule has 1 atom stereocenters. The van der Waals surface area contributed by atoms with Crippen LogP contribution in [0.5, 0.6) is 5.75 Å². The summed E-state index contributed by atoms with van der Waals surface area (Å²) in [6.07, 6.45) is 2.41. The van der Waals surface area contributed by atoms with Crippen molar-refractivity contribution in [3.8, 4) is 5.75 Å². The van der Waals surface area contributed by atoms with E-state index >= 15 is 0 Å². The number of pyridine rings is 2. The third-order valence-electron chi connectivity index (χ3n) is 5.55. The molecule has 2 aromatic heterocycles. The maximum absolute atomic E-state index is 14.2. The van der Waals surface area contributed by atoms with Crippen molar-refractivity contribution in [2.45, 2.75) is 32.4 Å². The number of anilines is 2. The van der Waals surface area contributed by atoms with Gasteiger partial charge in [-0.05, 0) is 49.1 Å². The van der Waals surface area contributed by atoms with Crippen LogP contribution in [0.25, 0.3) is 0 Å². The van der Waals surface area contributed by atoms with Crippen LogP contribution in [-0.2, 0) is 13.0 Å². The van der Waals surface area contributed by atoms with Crippen molar-refractivity contribution < 1.29 is 13.9 Å². The van der Waals surface area contributed by atoms with Gasteiger partial charge in [0, 0.05) is 17.8 Å². The minimum absolute atomic E-state index is 0.212. The minimum atomic E-state index is -0.485. The summed E-state index contributed by atoms with van der Waals surface area (Å²) >= 11 is 12.2. The summed E-state index contributed by atoms with van der Waals surface area (Å²) in [5.74, 6) is 0.219. The lowest BCUT2D eigenvalue weighted by Crippen LogP contribution is -2.39. The molecule has 2 aliphatic heterocycles. The highest BCUT2D eigenvalue weighted by Crippen LogP contribution is 2.41. The topological polar surface area (TPSA) is 67.4 Å². The van der Waals surface area contributed by atoms with Crippen molar-refractivity contribution >= 4 is 40.6 Å². The zero-order chi connectivity index (χ0) is 21.7. The standard InChI is InChI=1S/C22H17Cl2FN4O2/c1-11-7-12-4-5-17(20-14(25)3-2-6-26-20)31-18(12)9-16(11)29-10-13-15(27-22(29)30)8-19(23)28-21(13)24/h2-3,6-9,17H,4-5,10H2,1H3,(H,27,30). The Morgan fingerprint density at radius 3 is 2.94 bits per heavy atom. The summed E-state index contributed by atoms with van der Waals surface area (Å²) in [6.45, 7) is 2.17. The number of benzene rings is 1. The van der Waals surface area contributed by atoms with Crippen molar-refractivity contribution in [3.05, 3.63) is 75.0 Å². The molecule has 2 amide bonds. The molecule has 5 rings (SSSR count). The molecule has 158 valence electrons. The van der Waals surface area contributed by atoms with Crippen LogP contribution in [0.2, 0.25) is 10.3 Å². The number of urea groups is 1. The maximum atomic E-state index is 14.2. The van der Waals surface area contributed by atoms with Gasteiger partial charge in [-0.2, -0.15) is 0 Å². The van der Waals surface area contributed by atoms with E-state index in [4.69, 9.17) is 27.9 Å². The lowest BCUT2D eigenvalue weighted by molar-refractivity contribution is 0.167. The summed E-state index contributed by atoms with van der Waals surface area (Å²) < 4.78 is 20.3. The molecule has 4 heterocycles. The van der Waals surface area contributed by atoms with Crippen molar-refractivity contribution in [1.82, 2.24) is 9.97 Å². The predicted octanol–water partition coefficient (Wildman–Crippen LogP) is 5.85. The van der Waals surface area contributed by atoms with E-state index in [-0.39, 0.29) is 28.6 Å². The van der Waals surface area contributed by atoms with E-state index in [1.807, 2.05) is 19.1 Å². The SMILES string of the molecule is Cc1cc2c(cc1N1Cc3c(cc(Cl)nc3Cl)NC1=O)OC(c1ncccc1F)CC2. The number of carbonyl (C=O) groups is 1. The van der Waals surface area contributed by atoms with Crippen LogP contribution in [0.15, 0.2) is 36.5 Å². The van der Waals surface area contributed by atoms with Crippen LogP contribution in [0.1, 0.15) is 34.9 Å². The van der Waals surface area contributed by atoms with E-state index in [0.717, 1.165) is 17.5 Å². The number of hydrogen-bond acceptors (Lipinski definition) is 4. The number of nitrogens with zero attached hydrogens (tertiary/aromatic N) is 3. The number of rotatable bonds is 2. The van der Waals surface area contributed by atoms with Crippen molar-refractivity contribution in [3.63, 3.8) is 0 Å². The molecule has 31 heavy (non-hydrogen) atoms. The van der Waals surface area contributed by atoms with Crippen LogP contribution in [0, 0.1) is 12.7 Å². The first-order valence-corrected chi connectivity index (χ1v) is 10.5. The summed E-state index contributed by atoms with van der Waals surface area (Å²) in [4.78, 5) is 22.6. The number of halogens is 3. The van der Waals surface area contributed by atoms with Gasteiger partial charge in [-0.25, -0.2) is 14.2 Å². The van der Waals surface area contributed by atoms with E-state index < -0.39 is 11.9 Å². The number of carbonyl (C=O) groups excluding carboxylic acids is 1. The van der Waals surface area contributed by atoms with Gasteiger partial charge in [0.25, 0.3) is 0 Å². The van der Waals surface area contributed by atoms with Crippen molar-refractivity contribution in [1.29, 1.82) is 0 Å². The van der Waals surface area contributed by atoms with Crippen LogP contribution >= 0.6 is 23.2 Å². The molecule has 0 radical (unpaired) electrons. The van der Waals surface area contributed by atoms with E-state index in [1.165, 1.54) is 6.07 Å². The number of aryl methyl sites for hydroxylation is 2. The third kappa shape index (κ3) is 3.58. The van der Waals surface area contributed by atoms with Crippen molar-refractivity contribution in [2.24, 2.45) is 0 Å². The van der Waals surface area contributed by atoms with Crippen LogP contribution in [-0.4, -0.2) is 16.0 Å². The zero-order valence-corrected chi connectivity index (χ0v) is 18.0. The first-order chi connectivity index (χ1) is 14.9. The quantitative estimate of drug-likeness (QED) is 0.489. The van der Waals surface area contributed by atoms with E-state index in [1.54, 1.807) is 23.2 Å². The Bertz CT molecular complexity index is 1220. The summed E-state index contributed by atoms with van der Waals surface area (Å²) in [5, 5.41) is 3.27. The highest BCUT2D eigenvalue weighted by atomic mass is 35.5. The molecular weight excluding hydrogens is 442 g/mol. The molecule has 0 saturated heterocycles.